The van der Waals surface area contributed by atoms with Crippen molar-refractivity contribution in [2.45, 2.75) is 24.2 Å². The Kier molecular flexibility index (Phi) is 4.31. The Labute approximate surface area is 107 Å². The van der Waals surface area contributed by atoms with Crippen LogP contribution in [0.1, 0.15) is 19.3 Å². The van der Waals surface area contributed by atoms with E-state index in [0.29, 0.717) is 6.54 Å². The highest BCUT2D eigenvalue weighted by Crippen LogP contribution is 2.30. The lowest BCUT2D eigenvalue weighted by molar-refractivity contribution is 0.195. The van der Waals surface area contributed by atoms with Crippen LogP contribution in [0.2, 0.25) is 0 Å². The van der Waals surface area contributed by atoms with Gasteiger partial charge in [-0.05, 0) is 36.8 Å². The standard InChI is InChI=1S/C12H18N2O3S/c15-9-11-4-1-3-10(11)7-14-18(16,17)12-5-2-6-13-8-12/h2,5-6,8,10-11,14-15H,1,3-4,7,9H2. The van der Waals surface area contributed by atoms with E-state index in [9.17, 15) is 13.5 Å². The molecule has 1 heterocycles. The first-order chi connectivity index (χ1) is 8.63. The third-order valence-corrected chi connectivity index (χ3v) is 4.94. The molecule has 0 aromatic carbocycles. The van der Waals surface area contributed by atoms with E-state index in [-0.39, 0.29) is 23.3 Å². The molecule has 1 fully saturated rings. The van der Waals surface area contributed by atoms with Gasteiger partial charge in [-0.25, -0.2) is 13.1 Å². The summed E-state index contributed by atoms with van der Waals surface area (Å²) in [6, 6.07) is 3.12. The van der Waals surface area contributed by atoms with Gasteiger partial charge in [0.05, 0.1) is 0 Å². The van der Waals surface area contributed by atoms with Crippen LogP contribution in [0.3, 0.4) is 0 Å². The van der Waals surface area contributed by atoms with Gasteiger partial charge in [0.1, 0.15) is 4.90 Å². The van der Waals surface area contributed by atoms with Crippen molar-refractivity contribution in [2.24, 2.45) is 11.8 Å². The van der Waals surface area contributed by atoms with Crippen molar-refractivity contribution in [2.75, 3.05) is 13.2 Å². The van der Waals surface area contributed by atoms with Crippen LogP contribution >= 0.6 is 0 Å². The summed E-state index contributed by atoms with van der Waals surface area (Å²) in [5, 5.41) is 9.20. The summed E-state index contributed by atoms with van der Waals surface area (Å²) in [5.74, 6) is 0.461. The Morgan fingerprint density at radius 3 is 2.83 bits per heavy atom. The highest BCUT2D eigenvalue weighted by atomic mass is 32.2. The second-order valence-electron chi connectivity index (χ2n) is 4.67. The molecule has 0 aliphatic heterocycles. The highest BCUT2D eigenvalue weighted by molar-refractivity contribution is 7.89. The van der Waals surface area contributed by atoms with Crippen LogP contribution in [0, 0.1) is 11.8 Å². The predicted molar refractivity (Wildman–Crippen MR) is 67.3 cm³/mol. The van der Waals surface area contributed by atoms with Gasteiger partial charge in [0, 0.05) is 25.5 Å². The molecule has 6 heteroatoms. The third-order valence-electron chi connectivity index (χ3n) is 3.53. The molecule has 100 valence electrons. The lowest BCUT2D eigenvalue weighted by atomic mass is 9.97. The molecule has 0 saturated heterocycles. The topological polar surface area (TPSA) is 79.3 Å². The predicted octanol–water partition coefficient (Wildman–Crippen LogP) is 0.768. The Hall–Kier alpha value is -0.980. The van der Waals surface area contributed by atoms with Gasteiger partial charge in [0.15, 0.2) is 0 Å². The first-order valence-electron chi connectivity index (χ1n) is 6.14. The fourth-order valence-electron chi connectivity index (χ4n) is 2.43. The third kappa shape index (κ3) is 3.07. The summed E-state index contributed by atoms with van der Waals surface area (Å²) in [7, 11) is -3.47. The summed E-state index contributed by atoms with van der Waals surface area (Å²) in [6.07, 6.45) is 5.89. The number of hydrogen-bond acceptors (Lipinski definition) is 4. The van der Waals surface area contributed by atoms with Crippen molar-refractivity contribution >= 4 is 10.0 Å². The zero-order chi connectivity index (χ0) is 13.0. The number of sulfonamides is 1. The average Bonchev–Trinajstić information content (AvgIpc) is 2.85. The summed E-state index contributed by atoms with van der Waals surface area (Å²) < 4.78 is 26.5. The van der Waals surface area contributed by atoms with Crippen LogP contribution in [-0.2, 0) is 10.0 Å². The molecule has 2 N–H and O–H groups in total. The minimum atomic E-state index is -3.47. The Balaban J connectivity index is 1.98. The monoisotopic (exact) mass is 270 g/mol. The molecule has 0 radical (unpaired) electrons. The summed E-state index contributed by atoms with van der Waals surface area (Å²) in [6.45, 7) is 0.530. The molecule has 1 aromatic rings. The van der Waals surface area contributed by atoms with Crippen molar-refractivity contribution < 1.29 is 13.5 Å². The number of rotatable bonds is 5. The normalized spacial score (nSPS) is 24.3. The lowest BCUT2D eigenvalue weighted by Crippen LogP contribution is -2.31. The van der Waals surface area contributed by atoms with E-state index in [2.05, 4.69) is 9.71 Å². The van der Waals surface area contributed by atoms with Gasteiger partial charge in [0.2, 0.25) is 10.0 Å². The maximum atomic E-state index is 12.0. The smallest absolute Gasteiger partial charge is 0.242 e. The first kappa shape index (κ1) is 13.5. The van der Waals surface area contributed by atoms with Gasteiger partial charge < -0.3 is 5.11 Å². The molecule has 1 aliphatic carbocycles. The quantitative estimate of drug-likeness (QED) is 0.828. The molecule has 5 nitrogen and oxygen atoms in total. The number of nitrogens with zero attached hydrogens (tertiary/aromatic N) is 1. The van der Waals surface area contributed by atoms with Crippen LogP contribution in [0.4, 0.5) is 0 Å². The van der Waals surface area contributed by atoms with Gasteiger partial charge in [-0.2, -0.15) is 0 Å². The lowest BCUT2D eigenvalue weighted by Gasteiger charge is -2.17. The van der Waals surface area contributed by atoms with Gasteiger partial charge in [0.25, 0.3) is 0 Å². The van der Waals surface area contributed by atoms with E-state index in [1.165, 1.54) is 18.5 Å². The average molecular weight is 270 g/mol. The molecule has 2 unspecified atom stereocenters. The number of hydrogen-bond donors (Lipinski definition) is 2. The number of aromatic nitrogens is 1. The van der Waals surface area contributed by atoms with Crippen LogP contribution < -0.4 is 4.72 Å². The first-order valence-corrected chi connectivity index (χ1v) is 7.62. The van der Waals surface area contributed by atoms with E-state index >= 15 is 0 Å². The van der Waals surface area contributed by atoms with Crippen molar-refractivity contribution in [1.29, 1.82) is 0 Å². The largest absolute Gasteiger partial charge is 0.396 e. The maximum Gasteiger partial charge on any atom is 0.242 e. The minimum absolute atomic E-state index is 0.138. The Bertz CT molecular complexity index is 475. The Morgan fingerprint density at radius 1 is 1.39 bits per heavy atom. The molecule has 2 rings (SSSR count). The number of aliphatic hydroxyl groups excluding tert-OH is 1. The molecular weight excluding hydrogens is 252 g/mol. The molecule has 1 aliphatic rings. The zero-order valence-corrected chi connectivity index (χ0v) is 10.9. The SMILES string of the molecule is O=S(=O)(NCC1CCCC1CO)c1cccnc1. The van der Waals surface area contributed by atoms with Crippen LogP contribution in [-0.4, -0.2) is 31.7 Å². The summed E-state index contributed by atoms with van der Waals surface area (Å²) >= 11 is 0. The van der Waals surface area contributed by atoms with Crippen LogP contribution in [0.25, 0.3) is 0 Å². The maximum absolute atomic E-state index is 12.0. The second kappa shape index (κ2) is 5.77. The molecule has 18 heavy (non-hydrogen) atoms. The summed E-state index contributed by atoms with van der Waals surface area (Å²) in [5.41, 5.74) is 0. The molecule has 0 spiro atoms. The fraction of sp³-hybridized carbons (Fsp3) is 0.583. The number of nitrogens with one attached hydrogen (secondary N) is 1. The van der Waals surface area contributed by atoms with E-state index in [0.717, 1.165) is 19.3 Å². The van der Waals surface area contributed by atoms with E-state index in [4.69, 9.17) is 0 Å². The molecule has 2 atom stereocenters. The zero-order valence-electron chi connectivity index (χ0n) is 10.1. The highest BCUT2D eigenvalue weighted by Gasteiger charge is 2.27. The van der Waals surface area contributed by atoms with Crippen molar-refractivity contribution in [3.05, 3.63) is 24.5 Å². The second-order valence-corrected chi connectivity index (χ2v) is 6.44. The van der Waals surface area contributed by atoms with Gasteiger partial charge in [-0.15, -0.1) is 0 Å². The van der Waals surface area contributed by atoms with Gasteiger partial charge in [-0.3, -0.25) is 4.98 Å². The van der Waals surface area contributed by atoms with Gasteiger partial charge in [-0.1, -0.05) is 6.42 Å². The van der Waals surface area contributed by atoms with Crippen LogP contribution in [0.15, 0.2) is 29.4 Å². The van der Waals surface area contributed by atoms with Crippen molar-refractivity contribution in [3.63, 3.8) is 0 Å². The number of pyridine rings is 1. The van der Waals surface area contributed by atoms with E-state index < -0.39 is 10.0 Å². The Morgan fingerprint density at radius 2 is 2.17 bits per heavy atom. The molecule has 0 bridgehead atoms. The molecule has 1 aromatic heterocycles. The molecule has 0 amide bonds. The molecule has 1 saturated carbocycles. The van der Waals surface area contributed by atoms with E-state index in [1.54, 1.807) is 6.07 Å². The van der Waals surface area contributed by atoms with Gasteiger partial charge >= 0.3 is 0 Å². The fourth-order valence-corrected chi connectivity index (χ4v) is 3.49. The number of aliphatic hydroxyl groups is 1. The van der Waals surface area contributed by atoms with Crippen molar-refractivity contribution in [1.82, 2.24) is 9.71 Å². The minimum Gasteiger partial charge on any atom is -0.396 e. The van der Waals surface area contributed by atoms with Crippen molar-refractivity contribution in [3.8, 4) is 0 Å². The van der Waals surface area contributed by atoms with E-state index in [1.807, 2.05) is 0 Å². The summed E-state index contributed by atoms with van der Waals surface area (Å²) in [4.78, 5) is 3.99. The van der Waals surface area contributed by atoms with Crippen LogP contribution in [0.5, 0.6) is 0 Å². The molecular formula is C12H18N2O3S.